The molecule has 0 aliphatic rings. The highest BCUT2D eigenvalue weighted by Gasteiger charge is 2.14. The molecule has 0 aliphatic carbocycles. The highest BCUT2D eigenvalue weighted by atomic mass is 79.9. The predicted molar refractivity (Wildman–Crippen MR) is 79.1 cm³/mol. The molecular weight excluding hydrogens is 312 g/mol. The van der Waals surface area contributed by atoms with E-state index in [1.807, 2.05) is 32.0 Å². The Morgan fingerprint density at radius 2 is 1.67 bits per heavy atom. The van der Waals surface area contributed by atoms with E-state index in [0.29, 0.717) is 5.02 Å². The van der Waals surface area contributed by atoms with Crippen LogP contribution in [0.4, 0.5) is 0 Å². The Labute approximate surface area is 121 Å². The standard InChI is InChI=1S/C15H14BrClO/c1-9-5-10(2)7-11(6-9)15(18)13-8-12(17)3-4-14(13)16/h3-8,15,18H,1-2H3. The van der Waals surface area contributed by atoms with Crippen LogP contribution in [-0.4, -0.2) is 5.11 Å². The number of aliphatic hydroxyl groups excluding tert-OH is 1. The lowest BCUT2D eigenvalue weighted by Crippen LogP contribution is -2.01. The van der Waals surface area contributed by atoms with E-state index in [-0.39, 0.29) is 0 Å². The molecule has 0 saturated carbocycles. The van der Waals surface area contributed by atoms with Crippen LogP contribution >= 0.6 is 27.5 Å². The Morgan fingerprint density at radius 3 is 2.28 bits per heavy atom. The fourth-order valence-corrected chi connectivity index (χ4v) is 2.72. The van der Waals surface area contributed by atoms with Gasteiger partial charge in [-0.05, 0) is 37.6 Å². The minimum atomic E-state index is -0.670. The van der Waals surface area contributed by atoms with Crippen molar-refractivity contribution in [3.05, 3.63) is 68.1 Å². The summed E-state index contributed by atoms with van der Waals surface area (Å²) >= 11 is 9.43. The molecule has 3 heteroatoms. The van der Waals surface area contributed by atoms with Crippen LogP contribution in [0.5, 0.6) is 0 Å². The van der Waals surface area contributed by atoms with Gasteiger partial charge in [-0.3, -0.25) is 0 Å². The average molecular weight is 326 g/mol. The van der Waals surface area contributed by atoms with E-state index in [4.69, 9.17) is 11.6 Å². The van der Waals surface area contributed by atoms with E-state index in [1.54, 1.807) is 12.1 Å². The molecule has 0 fully saturated rings. The van der Waals surface area contributed by atoms with Crippen LogP contribution in [-0.2, 0) is 0 Å². The average Bonchev–Trinajstić information content (AvgIpc) is 2.30. The quantitative estimate of drug-likeness (QED) is 0.841. The third-order valence-electron chi connectivity index (χ3n) is 2.81. The normalized spacial score (nSPS) is 12.5. The van der Waals surface area contributed by atoms with Gasteiger partial charge >= 0.3 is 0 Å². The molecular formula is C15H14BrClO. The topological polar surface area (TPSA) is 20.2 Å². The highest BCUT2D eigenvalue weighted by molar-refractivity contribution is 9.10. The van der Waals surface area contributed by atoms with Crippen molar-refractivity contribution in [2.45, 2.75) is 20.0 Å². The fraction of sp³-hybridized carbons (Fsp3) is 0.200. The molecule has 1 atom stereocenters. The van der Waals surface area contributed by atoms with E-state index >= 15 is 0 Å². The van der Waals surface area contributed by atoms with Crippen molar-refractivity contribution in [1.29, 1.82) is 0 Å². The second kappa shape index (κ2) is 5.43. The molecule has 2 rings (SSSR count). The summed E-state index contributed by atoms with van der Waals surface area (Å²) in [5.41, 5.74) is 3.95. The molecule has 94 valence electrons. The number of aryl methyl sites for hydroxylation is 2. The summed E-state index contributed by atoms with van der Waals surface area (Å²) < 4.78 is 0.860. The van der Waals surface area contributed by atoms with Crippen LogP contribution in [0.2, 0.25) is 5.02 Å². The molecule has 1 N–H and O–H groups in total. The summed E-state index contributed by atoms with van der Waals surface area (Å²) in [5.74, 6) is 0. The van der Waals surface area contributed by atoms with Crippen LogP contribution in [0.15, 0.2) is 40.9 Å². The Kier molecular flexibility index (Phi) is 4.10. The van der Waals surface area contributed by atoms with Gasteiger partial charge in [0, 0.05) is 15.1 Å². The number of benzene rings is 2. The molecule has 18 heavy (non-hydrogen) atoms. The number of halogens is 2. The monoisotopic (exact) mass is 324 g/mol. The molecule has 0 aromatic heterocycles. The smallest absolute Gasteiger partial charge is 0.105 e. The predicted octanol–water partition coefficient (Wildman–Crippen LogP) is 4.80. The maximum Gasteiger partial charge on any atom is 0.105 e. The van der Waals surface area contributed by atoms with Gasteiger partial charge in [-0.2, -0.15) is 0 Å². The van der Waals surface area contributed by atoms with Gasteiger partial charge in [0.1, 0.15) is 6.10 Å². The first-order valence-corrected chi connectivity index (χ1v) is 6.85. The van der Waals surface area contributed by atoms with Crippen LogP contribution in [0.1, 0.15) is 28.4 Å². The van der Waals surface area contributed by atoms with Gasteiger partial charge < -0.3 is 5.11 Å². The third-order valence-corrected chi connectivity index (χ3v) is 3.77. The van der Waals surface area contributed by atoms with Gasteiger partial charge in [-0.1, -0.05) is 56.9 Å². The lowest BCUT2D eigenvalue weighted by Gasteiger charge is -2.15. The van der Waals surface area contributed by atoms with Crippen molar-refractivity contribution >= 4 is 27.5 Å². The van der Waals surface area contributed by atoms with E-state index in [0.717, 1.165) is 26.7 Å². The first-order chi connectivity index (χ1) is 8.47. The SMILES string of the molecule is Cc1cc(C)cc(C(O)c2cc(Cl)ccc2Br)c1. The van der Waals surface area contributed by atoms with Crippen molar-refractivity contribution in [2.24, 2.45) is 0 Å². The van der Waals surface area contributed by atoms with Gasteiger partial charge in [0.05, 0.1) is 0 Å². The Morgan fingerprint density at radius 1 is 1.06 bits per heavy atom. The Balaban J connectivity index is 2.47. The molecule has 0 saturated heterocycles. The summed E-state index contributed by atoms with van der Waals surface area (Å²) in [6, 6.07) is 11.5. The molecule has 0 amide bonds. The first-order valence-electron chi connectivity index (χ1n) is 5.68. The first kappa shape index (κ1) is 13.6. The van der Waals surface area contributed by atoms with E-state index in [1.165, 1.54) is 0 Å². The van der Waals surface area contributed by atoms with Gasteiger partial charge in [-0.15, -0.1) is 0 Å². The molecule has 2 aromatic carbocycles. The maximum atomic E-state index is 10.5. The van der Waals surface area contributed by atoms with Crippen molar-refractivity contribution in [1.82, 2.24) is 0 Å². The van der Waals surface area contributed by atoms with Gasteiger partial charge in [-0.25, -0.2) is 0 Å². The van der Waals surface area contributed by atoms with E-state index < -0.39 is 6.10 Å². The number of hydrogen-bond acceptors (Lipinski definition) is 1. The van der Waals surface area contributed by atoms with Crippen LogP contribution in [0.3, 0.4) is 0 Å². The zero-order valence-corrected chi connectivity index (χ0v) is 12.6. The zero-order chi connectivity index (χ0) is 13.3. The van der Waals surface area contributed by atoms with E-state index in [9.17, 15) is 5.11 Å². The Hall–Kier alpha value is -0.830. The minimum absolute atomic E-state index is 0.622. The second-order valence-corrected chi connectivity index (χ2v) is 5.78. The minimum Gasteiger partial charge on any atom is -0.384 e. The zero-order valence-electron chi connectivity index (χ0n) is 10.2. The number of hydrogen-bond donors (Lipinski definition) is 1. The summed E-state index contributed by atoms with van der Waals surface area (Å²) in [6.45, 7) is 4.05. The van der Waals surface area contributed by atoms with Gasteiger partial charge in [0.2, 0.25) is 0 Å². The molecule has 0 aliphatic heterocycles. The van der Waals surface area contributed by atoms with Crippen molar-refractivity contribution in [3.63, 3.8) is 0 Å². The maximum absolute atomic E-state index is 10.5. The highest BCUT2D eigenvalue weighted by Crippen LogP contribution is 2.31. The summed E-state index contributed by atoms with van der Waals surface area (Å²) in [4.78, 5) is 0. The molecule has 1 unspecified atom stereocenters. The molecule has 0 bridgehead atoms. The molecule has 0 heterocycles. The van der Waals surface area contributed by atoms with Crippen molar-refractivity contribution in [3.8, 4) is 0 Å². The fourth-order valence-electron chi connectivity index (χ4n) is 2.07. The number of rotatable bonds is 2. The van der Waals surface area contributed by atoms with Crippen molar-refractivity contribution in [2.75, 3.05) is 0 Å². The summed E-state index contributed by atoms with van der Waals surface area (Å²) in [7, 11) is 0. The van der Waals surface area contributed by atoms with Gasteiger partial charge in [0.15, 0.2) is 0 Å². The second-order valence-electron chi connectivity index (χ2n) is 4.49. The van der Waals surface area contributed by atoms with Crippen LogP contribution in [0, 0.1) is 13.8 Å². The molecule has 0 spiro atoms. The number of aliphatic hydroxyl groups is 1. The molecule has 0 radical (unpaired) electrons. The summed E-state index contributed by atoms with van der Waals surface area (Å²) in [6.07, 6.45) is -0.670. The largest absolute Gasteiger partial charge is 0.384 e. The van der Waals surface area contributed by atoms with Crippen molar-refractivity contribution < 1.29 is 5.11 Å². The molecule has 1 nitrogen and oxygen atoms in total. The third kappa shape index (κ3) is 2.94. The lowest BCUT2D eigenvalue weighted by atomic mass is 9.98. The van der Waals surface area contributed by atoms with E-state index in [2.05, 4.69) is 22.0 Å². The molecule has 2 aromatic rings. The van der Waals surface area contributed by atoms with Crippen LogP contribution < -0.4 is 0 Å². The Bertz CT molecular complexity index is 560. The lowest BCUT2D eigenvalue weighted by molar-refractivity contribution is 0.219. The van der Waals surface area contributed by atoms with Crippen LogP contribution in [0.25, 0.3) is 0 Å². The van der Waals surface area contributed by atoms with Gasteiger partial charge in [0.25, 0.3) is 0 Å². The summed E-state index contributed by atoms with van der Waals surface area (Å²) in [5, 5.41) is 11.1.